The van der Waals surface area contributed by atoms with Crippen molar-refractivity contribution in [1.29, 1.82) is 0 Å². The van der Waals surface area contributed by atoms with Gasteiger partial charge < -0.3 is 11.1 Å². The van der Waals surface area contributed by atoms with Crippen LogP contribution >= 0.6 is 11.6 Å². The zero-order valence-corrected chi connectivity index (χ0v) is 10.5. The highest BCUT2D eigenvalue weighted by atomic mass is 35.5. The van der Waals surface area contributed by atoms with Crippen LogP contribution in [0.15, 0.2) is 24.3 Å². The molecule has 0 aliphatic carbocycles. The summed E-state index contributed by atoms with van der Waals surface area (Å²) < 4.78 is 0. The molecule has 0 fully saturated rings. The summed E-state index contributed by atoms with van der Waals surface area (Å²) in [5, 5.41) is 3.58. The van der Waals surface area contributed by atoms with Gasteiger partial charge in [-0.25, -0.2) is 0 Å². The fourth-order valence-corrected chi connectivity index (χ4v) is 1.61. The molecule has 3 N–H and O–H groups in total. The largest absolute Gasteiger partial charge is 0.330 e. The molecule has 0 aliphatic heterocycles. The van der Waals surface area contributed by atoms with Gasteiger partial charge in [0.25, 0.3) is 0 Å². The van der Waals surface area contributed by atoms with Crippen LogP contribution in [0.5, 0.6) is 0 Å². The van der Waals surface area contributed by atoms with Crippen LogP contribution in [0.25, 0.3) is 0 Å². The molecule has 86 valence electrons. The molecule has 0 saturated heterocycles. The Morgan fingerprint density at radius 2 is 1.87 bits per heavy atom. The first kappa shape index (κ1) is 14.4. The summed E-state index contributed by atoms with van der Waals surface area (Å²) in [5.74, 6) is 0.402. The van der Waals surface area contributed by atoms with Gasteiger partial charge in [0.1, 0.15) is 0 Å². The quantitative estimate of drug-likeness (QED) is 0.835. The van der Waals surface area contributed by atoms with Gasteiger partial charge in [0.2, 0.25) is 0 Å². The van der Waals surface area contributed by atoms with Gasteiger partial charge in [0.15, 0.2) is 0 Å². The first-order valence-electron chi connectivity index (χ1n) is 5.24. The van der Waals surface area contributed by atoms with E-state index in [0.717, 1.165) is 11.4 Å². The Morgan fingerprint density at radius 3 is 2.27 bits per heavy atom. The van der Waals surface area contributed by atoms with Crippen molar-refractivity contribution < 1.29 is 0 Å². The standard InChI is InChI=1S/C10H14ClN.C2H7N/c1-2-8(7-12)9-5-3-4-6-10(9)11;1-3-2/h3-6,8H,2,7,12H2,1H3;3H,1-2H3. The van der Waals surface area contributed by atoms with Crippen molar-refractivity contribution in [1.82, 2.24) is 5.32 Å². The molecule has 0 saturated carbocycles. The van der Waals surface area contributed by atoms with Crippen molar-refractivity contribution in [2.75, 3.05) is 20.6 Å². The molecular weight excluding hydrogens is 208 g/mol. The first-order chi connectivity index (χ1) is 7.21. The minimum Gasteiger partial charge on any atom is -0.330 e. The predicted molar refractivity (Wildman–Crippen MR) is 68.5 cm³/mol. The second kappa shape index (κ2) is 8.72. The summed E-state index contributed by atoms with van der Waals surface area (Å²) in [6, 6.07) is 7.90. The molecule has 0 spiro atoms. The molecule has 0 aliphatic rings. The number of rotatable bonds is 3. The second-order valence-electron chi connectivity index (χ2n) is 3.36. The smallest absolute Gasteiger partial charge is 0.0441 e. The summed E-state index contributed by atoms with van der Waals surface area (Å²) in [6.45, 7) is 2.79. The van der Waals surface area contributed by atoms with Crippen molar-refractivity contribution in [3.05, 3.63) is 34.9 Å². The Bertz CT molecular complexity index is 260. The maximum atomic E-state index is 6.02. The van der Waals surface area contributed by atoms with E-state index in [9.17, 15) is 0 Å². The Hall–Kier alpha value is -0.570. The maximum Gasteiger partial charge on any atom is 0.0441 e. The average molecular weight is 229 g/mol. The third-order valence-corrected chi connectivity index (χ3v) is 2.47. The van der Waals surface area contributed by atoms with Crippen molar-refractivity contribution in [2.45, 2.75) is 19.3 Å². The van der Waals surface area contributed by atoms with E-state index in [0.29, 0.717) is 12.5 Å². The Morgan fingerprint density at radius 1 is 1.33 bits per heavy atom. The molecule has 1 rings (SSSR count). The molecule has 15 heavy (non-hydrogen) atoms. The van der Waals surface area contributed by atoms with Crippen LogP contribution in [-0.4, -0.2) is 20.6 Å². The van der Waals surface area contributed by atoms with E-state index in [2.05, 4.69) is 12.2 Å². The molecule has 1 aromatic carbocycles. The Balaban J connectivity index is 0.000000583. The normalized spacial score (nSPS) is 11.5. The zero-order chi connectivity index (χ0) is 11.7. The first-order valence-corrected chi connectivity index (χ1v) is 5.61. The van der Waals surface area contributed by atoms with Gasteiger partial charge in [0, 0.05) is 5.02 Å². The van der Waals surface area contributed by atoms with E-state index < -0.39 is 0 Å². The van der Waals surface area contributed by atoms with E-state index in [-0.39, 0.29) is 0 Å². The minimum atomic E-state index is 0.402. The van der Waals surface area contributed by atoms with E-state index in [1.807, 2.05) is 38.4 Å². The molecule has 0 radical (unpaired) electrons. The van der Waals surface area contributed by atoms with Crippen molar-refractivity contribution >= 4 is 11.6 Å². The fourth-order valence-electron chi connectivity index (χ4n) is 1.32. The lowest BCUT2D eigenvalue weighted by atomic mass is 9.97. The van der Waals surface area contributed by atoms with Crippen LogP contribution in [0.1, 0.15) is 24.8 Å². The SMILES string of the molecule is CCC(CN)c1ccccc1Cl.CNC. The summed E-state index contributed by atoms with van der Waals surface area (Å²) in [4.78, 5) is 0. The number of hydrogen-bond donors (Lipinski definition) is 2. The summed E-state index contributed by atoms with van der Waals surface area (Å²) >= 11 is 6.02. The summed E-state index contributed by atoms with van der Waals surface area (Å²) in [6.07, 6.45) is 1.04. The van der Waals surface area contributed by atoms with Gasteiger partial charge in [0.05, 0.1) is 0 Å². The molecule has 0 amide bonds. The molecule has 0 aromatic heterocycles. The lowest BCUT2D eigenvalue weighted by molar-refractivity contribution is 0.674. The summed E-state index contributed by atoms with van der Waals surface area (Å²) in [7, 11) is 3.75. The van der Waals surface area contributed by atoms with Crippen LogP contribution < -0.4 is 11.1 Å². The lowest BCUT2D eigenvalue weighted by Gasteiger charge is -2.13. The fraction of sp³-hybridized carbons (Fsp3) is 0.500. The maximum absolute atomic E-state index is 6.02. The van der Waals surface area contributed by atoms with E-state index >= 15 is 0 Å². The summed E-state index contributed by atoms with van der Waals surface area (Å²) in [5.41, 5.74) is 6.80. The van der Waals surface area contributed by atoms with Crippen molar-refractivity contribution in [3.8, 4) is 0 Å². The van der Waals surface area contributed by atoms with Crippen LogP contribution in [0, 0.1) is 0 Å². The number of halogens is 1. The van der Waals surface area contributed by atoms with Crippen molar-refractivity contribution in [3.63, 3.8) is 0 Å². The Labute approximate surface area is 97.8 Å². The van der Waals surface area contributed by atoms with Crippen LogP contribution in [0.3, 0.4) is 0 Å². The third-order valence-electron chi connectivity index (χ3n) is 2.12. The third kappa shape index (κ3) is 5.17. The highest BCUT2D eigenvalue weighted by molar-refractivity contribution is 6.31. The number of nitrogens with one attached hydrogen (secondary N) is 1. The van der Waals surface area contributed by atoms with E-state index in [1.54, 1.807) is 0 Å². The van der Waals surface area contributed by atoms with E-state index in [4.69, 9.17) is 17.3 Å². The number of hydrogen-bond acceptors (Lipinski definition) is 2. The molecule has 0 bridgehead atoms. The second-order valence-corrected chi connectivity index (χ2v) is 3.77. The van der Waals surface area contributed by atoms with Crippen molar-refractivity contribution in [2.24, 2.45) is 5.73 Å². The molecule has 3 heteroatoms. The highest BCUT2D eigenvalue weighted by Crippen LogP contribution is 2.25. The van der Waals surface area contributed by atoms with Crippen LogP contribution in [0.2, 0.25) is 5.02 Å². The van der Waals surface area contributed by atoms with Gasteiger partial charge in [-0.2, -0.15) is 0 Å². The molecular formula is C12H21ClN2. The van der Waals surface area contributed by atoms with Gasteiger partial charge in [-0.15, -0.1) is 0 Å². The molecule has 1 aromatic rings. The van der Waals surface area contributed by atoms with Gasteiger partial charge >= 0.3 is 0 Å². The van der Waals surface area contributed by atoms with E-state index in [1.165, 1.54) is 5.56 Å². The zero-order valence-electron chi connectivity index (χ0n) is 9.76. The van der Waals surface area contributed by atoms with Gasteiger partial charge in [-0.3, -0.25) is 0 Å². The average Bonchev–Trinajstić information content (AvgIpc) is 2.24. The van der Waals surface area contributed by atoms with Gasteiger partial charge in [-0.1, -0.05) is 36.7 Å². The predicted octanol–water partition coefficient (Wildman–Crippen LogP) is 2.63. The highest BCUT2D eigenvalue weighted by Gasteiger charge is 2.09. The monoisotopic (exact) mass is 228 g/mol. The molecule has 0 heterocycles. The Kier molecular flexibility index (Phi) is 8.38. The molecule has 1 unspecified atom stereocenters. The number of benzene rings is 1. The van der Waals surface area contributed by atoms with Crippen LogP contribution in [-0.2, 0) is 0 Å². The lowest BCUT2D eigenvalue weighted by Crippen LogP contribution is -2.11. The molecule has 1 atom stereocenters. The minimum absolute atomic E-state index is 0.402. The number of nitrogens with two attached hydrogens (primary N) is 1. The van der Waals surface area contributed by atoms with Gasteiger partial charge in [-0.05, 0) is 44.6 Å². The molecule has 2 nitrogen and oxygen atoms in total. The van der Waals surface area contributed by atoms with Crippen LogP contribution in [0.4, 0.5) is 0 Å². The topological polar surface area (TPSA) is 38.0 Å².